The van der Waals surface area contributed by atoms with Crippen LogP contribution in [0.15, 0.2) is 29.4 Å². The molecule has 0 saturated carbocycles. The van der Waals surface area contributed by atoms with Crippen LogP contribution in [0.3, 0.4) is 0 Å². The number of benzene rings is 1. The normalized spacial score (nSPS) is 22.7. The first-order chi connectivity index (χ1) is 9.76. The van der Waals surface area contributed by atoms with Crippen LogP contribution in [0.5, 0.6) is 0 Å². The summed E-state index contributed by atoms with van der Waals surface area (Å²) in [5.74, 6) is 0. The molecule has 0 spiro atoms. The highest BCUT2D eigenvalue weighted by atomic mass is 16.7. The Labute approximate surface area is 128 Å². The lowest BCUT2D eigenvalue weighted by Gasteiger charge is -2.52. The van der Waals surface area contributed by atoms with Gasteiger partial charge in [0.1, 0.15) is 6.10 Å². The van der Waals surface area contributed by atoms with E-state index in [1.54, 1.807) is 12.1 Å². The van der Waals surface area contributed by atoms with E-state index in [1.807, 2.05) is 12.1 Å². The Bertz CT molecular complexity index is 477. The molecule has 4 nitrogen and oxygen atoms in total. The Morgan fingerprint density at radius 1 is 1.10 bits per heavy atom. The molecule has 1 heterocycles. The van der Waals surface area contributed by atoms with Crippen LogP contribution in [-0.2, 0) is 4.84 Å². The largest absolute Gasteiger partial charge is 0.706 e. The third-order valence-electron chi connectivity index (χ3n) is 4.42. The van der Waals surface area contributed by atoms with Gasteiger partial charge in [-0.05, 0) is 71.6 Å². The minimum absolute atomic E-state index is 0.0330. The van der Waals surface area contributed by atoms with Crippen molar-refractivity contribution < 1.29 is 4.84 Å². The molecular weight excluding hydrogens is 262 g/mol. The van der Waals surface area contributed by atoms with E-state index in [2.05, 4.69) is 44.8 Å². The molecule has 0 aromatic heterocycles. The molecule has 1 aliphatic rings. The monoisotopic (exact) mass is 288 g/mol. The van der Waals surface area contributed by atoms with Crippen LogP contribution in [0, 0.1) is 0 Å². The zero-order chi connectivity index (χ0) is 15.7. The molecule has 1 aliphatic heterocycles. The van der Waals surface area contributed by atoms with Crippen LogP contribution in [0.2, 0.25) is 0 Å². The van der Waals surface area contributed by atoms with Crippen LogP contribution in [0.4, 0.5) is 5.69 Å². The maximum Gasteiger partial charge on any atom is 0.102 e. The Kier molecular flexibility index (Phi) is 4.49. The maximum atomic E-state index is 8.75. The third-order valence-corrected chi connectivity index (χ3v) is 4.42. The lowest BCUT2D eigenvalue weighted by atomic mass is 9.82. The first-order valence-electron chi connectivity index (χ1n) is 7.68. The van der Waals surface area contributed by atoms with Gasteiger partial charge in [0.2, 0.25) is 0 Å². The summed E-state index contributed by atoms with van der Waals surface area (Å²) < 4.78 is 0. The van der Waals surface area contributed by atoms with E-state index in [0.29, 0.717) is 5.69 Å². The molecule has 0 bridgehead atoms. The molecular formula is C17H26N3O-. The average molecular weight is 288 g/mol. The first-order valence-corrected chi connectivity index (χ1v) is 7.68. The summed E-state index contributed by atoms with van der Waals surface area (Å²) >= 11 is 0. The van der Waals surface area contributed by atoms with Crippen molar-refractivity contribution in [3.8, 4) is 0 Å². The van der Waals surface area contributed by atoms with Crippen molar-refractivity contribution in [3.05, 3.63) is 35.4 Å². The zero-order valence-corrected chi connectivity index (χ0v) is 13.8. The van der Waals surface area contributed by atoms with Crippen molar-refractivity contribution in [2.45, 2.75) is 71.1 Å². The molecule has 0 N–H and O–H groups in total. The predicted molar refractivity (Wildman–Crippen MR) is 85.2 cm³/mol. The number of nitrogens with zero attached hydrogens (tertiary/aromatic N) is 3. The second-order valence-electron chi connectivity index (χ2n) is 7.21. The summed E-state index contributed by atoms with van der Waals surface area (Å²) in [7, 11) is 0. The SMILES string of the molecule is CC(ON1C(C)(C)CCCC1(C)C)c1ccc(N=[N-])cc1. The maximum absolute atomic E-state index is 8.75. The Morgan fingerprint density at radius 2 is 1.62 bits per heavy atom. The summed E-state index contributed by atoms with van der Waals surface area (Å²) in [6.45, 7) is 11.0. The highest BCUT2D eigenvalue weighted by Gasteiger charge is 2.43. The van der Waals surface area contributed by atoms with Gasteiger partial charge in [0, 0.05) is 16.8 Å². The summed E-state index contributed by atoms with van der Waals surface area (Å²) in [5.41, 5.74) is 10.5. The second-order valence-corrected chi connectivity index (χ2v) is 7.21. The fourth-order valence-corrected chi connectivity index (χ4v) is 3.29. The Morgan fingerprint density at radius 3 is 2.10 bits per heavy atom. The van der Waals surface area contributed by atoms with E-state index in [1.165, 1.54) is 6.42 Å². The predicted octanol–water partition coefficient (Wildman–Crippen LogP) is 5.38. The van der Waals surface area contributed by atoms with Gasteiger partial charge in [-0.15, -0.1) is 0 Å². The van der Waals surface area contributed by atoms with E-state index >= 15 is 0 Å². The zero-order valence-electron chi connectivity index (χ0n) is 13.8. The molecule has 1 fully saturated rings. The van der Waals surface area contributed by atoms with Crippen LogP contribution in [0.25, 0.3) is 5.53 Å². The fourth-order valence-electron chi connectivity index (χ4n) is 3.29. The molecule has 1 aromatic rings. The fraction of sp³-hybridized carbons (Fsp3) is 0.647. The molecule has 0 radical (unpaired) electrons. The molecule has 2 rings (SSSR count). The molecule has 116 valence electrons. The van der Waals surface area contributed by atoms with Crippen LogP contribution in [0.1, 0.15) is 65.5 Å². The molecule has 0 aliphatic carbocycles. The van der Waals surface area contributed by atoms with Gasteiger partial charge in [-0.2, -0.15) is 5.06 Å². The van der Waals surface area contributed by atoms with E-state index in [0.717, 1.165) is 18.4 Å². The minimum atomic E-state index is -0.0330. The van der Waals surface area contributed by atoms with Gasteiger partial charge in [-0.1, -0.05) is 12.1 Å². The van der Waals surface area contributed by atoms with Crippen LogP contribution in [-0.4, -0.2) is 16.1 Å². The Hall–Kier alpha value is -1.26. The van der Waals surface area contributed by atoms with E-state index < -0.39 is 0 Å². The standard InChI is InChI=1S/C17H26N3O/c1-13(14-7-9-15(19-18)10-8-14)21-20-16(2,3)11-6-12-17(20,4)5/h7-10,13H,6,11-12H2,1-5H3/q-1. The van der Waals surface area contributed by atoms with E-state index in [4.69, 9.17) is 10.4 Å². The molecule has 0 amide bonds. The first kappa shape index (κ1) is 16.1. The van der Waals surface area contributed by atoms with Gasteiger partial charge in [-0.3, -0.25) is 4.84 Å². The van der Waals surface area contributed by atoms with Gasteiger partial charge in [0.25, 0.3) is 0 Å². The van der Waals surface area contributed by atoms with Gasteiger partial charge in [-0.25, -0.2) is 0 Å². The third kappa shape index (κ3) is 3.50. The molecule has 1 atom stereocenters. The van der Waals surface area contributed by atoms with Crippen molar-refractivity contribution in [1.82, 2.24) is 5.06 Å². The molecule has 1 unspecified atom stereocenters. The summed E-state index contributed by atoms with van der Waals surface area (Å²) in [6.07, 6.45) is 3.49. The number of hydrogen-bond donors (Lipinski definition) is 0. The number of rotatable bonds is 4. The van der Waals surface area contributed by atoms with Crippen LogP contribution >= 0.6 is 0 Å². The molecule has 1 aromatic carbocycles. The Balaban J connectivity index is 2.15. The smallest absolute Gasteiger partial charge is 0.102 e. The number of hydroxylamine groups is 2. The topological polar surface area (TPSA) is 47.1 Å². The second kappa shape index (κ2) is 5.85. The molecule has 1 saturated heterocycles. The van der Waals surface area contributed by atoms with Crippen molar-refractivity contribution in [2.75, 3.05) is 0 Å². The van der Waals surface area contributed by atoms with E-state index in [9.17, 15) is 0 Å². The van der Waals surface area contributed by atoms with Crippen molar-refractivity contribution >= 4 is 5.69 Å². The number of piperidine rings is 1. The van der Waals surface area contributed by atoms with Gasteiger partial charge in [0.05, 0.1) is 0 Å². The van der Waals surface area contributed by atoms with Crippen molar-refractivity contribution in [3.63, 3.8) is 0 Å². The molecule has 21 heavy (non-hydrogen) atoms. The van der Waals surface area contributed by atoms with Gasteiger partial charge >= 0.3 is 0 Å². The minimum Gasteiger partial charge on any atom is -0.706 e. The van der Waals surface area contributed by atoms with Gasteiger partial charge in [0.15, 0.2) is 0 Å². The summed E-state index contributed by atoms with van der Waals surface area (Å²) in [4.78, 5) is 6.32. The lowest BCUT2D eigenvalue weighted by molar-refractivity contribution is -0.304. The van der Waals surface area contributed by atoms with Crippen molar-refractivity contribution in [2.24, 2.45) is 5.11 Å². The van der Waals surface area contributed by atoms with Crippen LogP contribution < -0.4 is 0 Å². The molecule has 4 heteroatoms. The van der Waals surface area contributed by atoms with E-state index in [-0.39, 0.29) is 17.2 Å². The van der Waals surface area contributed by atoms with Gasteiger partial charge < -0.3 is 10.6 Å². The average Bonchev–Trinajstić information content (AvgIpc) is 2.42. The quantitative estimate of drug-likeness (QED) is 0.699. The highest BCUT2D eigenvalue weighted by Crippen LogP contribution is 2.40. The highest BCUT2D eigenvalue weighted by molar-refractivity contribution is 5.38. The number of hydrogen-bond acceptors (Lipinski definition) is 3. The summed E-state index contributed by atoms with van der Waals surface area (Å²) in [5, 5.41) is 5.36. The summed E-state index contributed by atoms with van der Waals surface area (Å²) in [6, 6.07) is 7.48. The lowest BCUT2D eigenvalue weighted by Crippen LogP contribution is -2.58. The van der Waals surface area contributed by atoms with Crippen molar-refractivity contribution in [1.29, 1.82) is 0 Å².